The van der Waals surface area contributed by atoms with E-state index in [2.05, 4.69) is 11.8 Å². The first-order valence-electron chi connectivity index (χ1n) is 5.13. The van der Waals surface area contributed by atoms with Gasteiger partial charge in [0.1, 0.15) is 0 Å². The molecule has 1 aliphatic heterocycles. The van der Waals surface area contributed by atoms with Gasteiger partial charge in [0.25, 0.3) is 0 Å². The monoisotopic (exact) mass is 193 g/mol. The summed E-state index contributed by atoms with van der Waals surface area (Å²) in [6.07, 6.45) is 4.45. The zero-order valence-corrected chi connectivity index (χ0v) is 8.40. The zero-order chi connectivity index (χ0) is 9.97. The summed E-state index contributed by atoms with van der Waals surface area (Å²) in [6.45, 7) is 3.23. The van der Waals surface area contributed by atoms with Crippen LogP contribution in [0.15, 0.2) is 16.5 Å². The minimum Gasteiger partial charge on any atom is -0.438 e. The molecular weight excluding hydrogens is 178 g/mol. The van der Waals surface area contributed by atoms with Gasteiger partial charge in [-0.25, -0.2) is 0 Å². The molecule has 0 N–H and O–H groups in total. The Morgan fingerprint density at radius 1 is 1.50 bits per heavy atom. The highest BCUT2D eigenvalue weighted by Crippen LogP contribution is 2.25. The Hall–Kier alpha value is -1.25. The van der Waals surface area contributed by atoms with Gasteiger partial charge in [0.15, 0.2) is 17.9 Å². The van der Waals surface area contributed by atoms with E-state index in [1.165, 1.54) is 19.3 Å². The average molecular weight is 193 g/mol. The number of hydrogen-bond acceptors (Lipinski definition) is 3. The first-order valence-corrected chi connectivity index (χ1v) is 5.13. The molecule has 1 saturated heterocycles. The van der Waals surface area contributed by atoms with Crippen molar-refractivity contribution < 1.29 is 9.21 Å². The van der Waals surface area contributed by atoms with Gasteiger partial charge in [-0.1, -0.05) is 0 Å². The lowest BCUT2D eigenvalue weighted by molar-refractivity contribution is 0.110. The highest BCUT2D eigenvalue weighted by atomic mass is 16.4. The third kappa shape index (κ3) is 1.67. The van der Waals surface area contributed by atoms with Gasteiger partial charge in [-0.15, -0.1) is 0 Å². The number of carbonyl (C=O) groups excluding carboxylic acids is 1. The quantitative estimate of drug-likeness (QED) is 0.676. The van der Waals surface area contributed by atoms with Gasteiger partial charge >= 0.3 is 0 Å². The second-order valence-electron chi connectivity index (χ2n) is 3.83. The Balaban J connectivity index is 2.16. The fourth-order valence-electron chi connectivity index (χ4n) is 1.99. The second kappa shape index (κ2) is 3.86. The van der Waals surface area contributed by atoms with E-state index in [0.29, 0.717) is 11.8 Å². The molecular formula is C11H15NO2. The predicted molar refractivity (Wildman–Crippen MR) is 54.8 cm³/mol. The van der Waals surface area contributed by atoms with Crippen LogP contribution in [0.25, 0.3) is 0 Å². The van der Waals surface area contributed by atoms with E-state index in [4.69, 9.17) is 4.42 Å². The molecule has 14 heavy (non-hydrogen) atoms. The molecule has 1 aromatic rings. The number of rotatable bonds is 2. The SMILES string of the molecule is CC1CCCCN1c1ccc(C=O)o1. The standard InChI is InChI=1S/C11H15NO2/c1-9-4-2-3-7-12(9)11-6-5-10(8-13)14-11/h5-6,8-9H,2-4,7H2,1H3. The van der Waals surface area contributed by atoms with Gasteiger partial charge in [-0.2, -0.15) is 0 Å². The Kier molecular flexibility index (Phi) is 2.57. The van der Waals surface area contributed by atoms with Crippen molar-refractivity contribution in [1.29, 1.82) is 0 Å². The maximum absolute atomic E-state index is 10.5. The highest BCUT2D eigenvalue weighted by Gasteiger charge is 2.20. The maximum atomic E-state index is 10.5. The Bertz CT molecular complexity index is 319. The van der Waals surface area contributed by atoms with Crippen molar-refractivity contribution in [3.05, 3.63) is 17.9 Å². The maximum Gasteiger partial charge on any atom is 0.196 e. The number of piperidine rings is 1. The molecule has 1 atom stereocenters. The number of carbonyl (C=O) groups is 1. The first kappa shape index (κ1) is 9.31. The molecule has 3 nitrogen and oxygen atoms in total. The van der Waals surface area contributed by atoms with Crippen molar-refractivity contribution in [3.8, 4) is 0 Å². The van der Waals surface area contributed by atoms with Crippen LogP contribution in [0.5, 0.6) is 0 Å². The minimum absolute atomic E-state index is 0.415. The van der Waals surface area contributed by atoms with E-state index in [1.54, 1.807) is 6.07 Å². The molecule has 3 heteroatoms. The van der Waals surface area contributed by atoms with Crippen LogP contribution < -0.4 is 4.90 Å². The lowest BCUT2D eigenvalue weighted by Crippen LogP contribution is -2.37. The summed E-state index contributed by atoms with van der Waals surface area (Å²) in [6, 6.07) is 4.13. The summed E-state index contributed by atoms with van der Waals surface area (Å²) in [7, 11) is 0. The zero-order valence-electron chi connectivity index (χ0n) is 8.40. The van der Waals surface area contributed by atoms with Gasteiger partial charge in [-0.3, -0.25) is 4.79 Å². The van der Waals surface area contributed by atoms with Crippen molar-refractivity contribution in [2.75, 3.05) is 11.4 Å². The van der Waals surface area contributed by atoms with E-state index in [-0.39, 0.29) is 0 Å². The summed E-state index contributed by atoms with van der Waals surface area (Å²) in [5.41, 5.74) is 0. The number of aldehydes is 1. The molecule has 0 aliphatic carbocycles. The van der Waals surface area contributed by atoms with Crippen molar-refractivity contribution in [3.63, 3.8) is 0 Å². The van der Waals surface area contributed by atoms with E-state index in [1.807, 2.05) is 6.07 Å². The molecule has 2 rings (SSSR count). The third-order valence-electron chi connectivity index (χ3n) is 2.81. The molecule has 0 radical (unpaired) electrons. The predicted octanol–water partition coefficient (Wildman–Crippen LogP) is 2.47. The van der Waals surface area contributed by atoms with Crippen molar-refractivity contribution >= 4 is 12.2 Å². The molecule has 0 bridgehead atoms. The van der Waals surface area contributed by atoms with Crippen LogP contribution in [0.2, 0.25) is 0 Å². The summed E-state index contributed by atoms with van der Waals surface area (Å²) < 4.78 is 5.40. The molecule has 76 valence electrons. The van der Waals surface area contributed by atoms with E-state index in [0.717, 1.165) is 18.7 Å². The summed E-state index contributed by atoms with van der Waals surface area (Å²) in [5, 5.41) is 0. The molecule has 1 aromatic heterocycles. The molecule has 1 unspecified atom stereocenters. The van der Waals surface area contributed by atoms with Crippen molar-refractivity contribution in [1.82, 2.24) is 0 Å². The Morgan fingerprint density at radius 2 is 2.36 bits per heavy atom. The summed E-state index contributed by atoms with van der Waals surface area (Å²) in [4.78, 5) is 12.7. The molecule has 0 saturated carbocycles. The van der Waals surface area contributed by atoms with Crippen molar-refractivity contribution in [2.45, 2.75) is 32.2 Å². The van der Waals surface area contributed by atoms with Crippen LogP contribution in [0.4, 0.5) is 5.88 Å². The van der Waals surface area contributed by atoms with E-state index < -0.39 is 0 Å². The summed E-state index contributed by atoms with van der Waals surface area (Å²) in [5.74, 6) is 1.25. The molecule has 2 heterocycles. The van der Waals surface area contributed by atoms with Crippen LogP contribution in [-0.2, 0) is 0 Å². The first-order chi connectivity index (χ1) is 6.81. The lowest BCUT2D eigenvalue weighted by atomic mass is 10.0. The smallest absolute Gasteiger partial charge is 0.196 e. The number of hydrogen-bond donors (Lipinski definition) is 0. The molecule has 1 aliphatic rings. The highest BCUT2D eigenvalue weighted by molar-refractivity contribution is 5.71. The normalized spacial score (nSPS) is 22.4. The van der Waals surface area contributed by atoms with E-state index in [9.17, 15) is 4.79 Å². The Morgan fingerprint density at radius 3 is 3.00 bits per heavy atom. The van der Waals surface area contributed by atoms with Crippen LogP contribution in [0.1, 0.15) is 36.7 Å². The van der Waals surface area contributed by atoms with E-state index >= 15 is 0 Å². The summed E-state index contributed by atoms with van der Waals surface area (Å²) >= 11 is 0. The van der Waals surface area contributed by atoms with Gasteiger partial charge in [0, 0.05) is 18.7 Å². The topological polar surface area (TPSA) is 33.5 Å². The van der Waals surface area contributed by atoms with Crippen LogP contribution in [-0.4, -0.2) is 18.9 Å². The van der Waals surface area contributed by atoms with Crippen LogP contribution in [0.3, 0.4) is 0 Å². The molecule has 0 aromatic carbocycles. The molecule has 0 amide bonds. The van der Waals surface area contributed by atoms with Gasteiger partial charge < -0.3 is 9.32 Å². The number of nitrogens with zero attached hydrogens (tertiary/aromatic N) is 1. The molecule has 1 fully saturated rings. The number of anilines is 1. The third-order valence-corrected chi connectivity index (χ3v) is 2.81. The van der Waals surface area contributed by atoms with Gasteiger partial charge in [0.2, 0.25) is 0 Å². The van der Waals surface area contributed by atoms with Gasteiger partial charge in [0.05, 0.1) is 0 Å². The molecule has 0 spiro atoms. The fourth-order valence-corrected chi connectivity index (χ4v) is 1.99. The lowest BCUT2D eigenvalue weighted by Gasteiger charge is -2.32. The largest absolute Gasteiger partial charge is 0.438 e. The van der Waals surface area contributed by atoms with Crippen LogP contribution >= 0.6 is 0 Å². The van der Waals surface area contributed by atoms with Gasteiger partial charge in [-0.05, 0) is 32.3 Å². The average Bonchev–Trinajstić information content (AvgIpc) is 2.67. The second-order valence-corrected chi connectivity index (χ2v) is 3.83. The van der Waals surface area contributed by atoms with Crippen molar-refractivity contribution in [2.24, 2.45) is 0 Å². The minimum atomic E-state index is 0.415. The number of furan rings is 1. The fraction of sp³-hybridized carbons (Fsp3) is 0.545. The Labute approximate surface area is 83.7 Å². The van der Waals surface area contributed by atoms with Crippen LogP contribution in [0, 0.1) is 0 Å².